The summed E-state index contributed by atoms with van der Waals surface area (Å²) in [6, 6.07) is 8.98. The molecule has 1 aromatic heterocycles. The van der Waals surface area contributed by atoms with Crippen LogP contribution in [-0.4, -0.2) is 31.2 Å². The van der Waals surface area contributed by atoms with Crippen molar-refractivity contribution >= 4 is 23.1 Å². The van der Waals surface area contributed by atoms with E-state index in [1.54, 1.807) is 29.3 Å². The molecule has 1 fully saturated rings. The topological polar surface area (TPSA) is 43.2 Å². The summed E-state index contributed by atoms with van der Waals surface area (Å²) in [7, 11) is 0. The van der Waals surface area contributed by atoms with Gasteiger partial charge in [-0.3, -0.25) is 0 Å². The Bertz CT molecular complexity index is 791. The van der Waals surface area contributed by atoms with Gasteiger partial charge in [-0.2, -0.15) is 18.4 Å². The molecule has 0 unspecified atom stereocenters. The number of nitrogens with zero attached hydrogens (tertiary/aromatic N) is 4. The first-order valence-corrected chi connectivity index (χ1v) is 7.99. The maximum absolute atomic E-state index is 13.3. The molecule has 4 nitrogen and oxygen atoms in total. The highest BCUT2D eigenvalue weighted by atomic mass is 35.5. The lowest BCUT2D eigenvalue weighted by molar-refractivity contribution is -0.137. The van der Waals surface area contributed by atoms with Gasteiger partial charge in [-0.1, -0.05) is 11.6 Å². The molecular weight excluding hydrogens is 353 g/mol. The number of hydrogen-bond donors (Lipinski definition) is 0. The van der Waals surface area contributed by atoms with Crippen molar-refractivity contribution in [2.75, 3.05) is 36.0 Å². The summed E-state index contributed by atoms with van der Waals surface area (Å²) < 4.78 is 40.0. The summed E-state index contributed by atoms with van der Waals surface area (Å²) in [6.45, 7) is 1.95. The van der Waals surface area contributed by atoms with E-state index in [0.29, 0.717) is 31.2 Å². The van der Waals surface area contributed by atoms with Crippen LogP contribution in [0.4, 0.5) is 24.7 Å². The maximum atomic E-state index is 13.3. The first-order chi connectivity index (χ1) is 11.9. The van der Waals surface area contributed by atoms with Gasteiger partial charge in [-0.15, -0.1) is 0 Å². The van der Waals surface area contributed by atoms with Gasteiger partial charge in [0.05, 0.1) is 22.2 Å². The van der Waals surface area contributed by atoms with Crippen molar-refractivity contribution in [2.24, 2.45) is 0 Å². The van der Waals surface area contributed by atoms with Crippen molar-refractivity contribution in [1.29, 1.82) is 5.26 Å². The molecule has 0 spiro atoms. The number of rotatable bonds is 2. The van der Waals surface area contributed by atoms with Crippen molar-refractivity contribution in [3.8, 4) is 6.07 Å². The second-order valence-electron chi connectivity index (χ2n) is 5.65. The van der Waals surface area contributed by atoms with E-state index in [9.17, 15) is 13.2 Å². The van der Waals surface area contributed by atoms with Gasteiger partial charge in [0.2, 0.25) is 0 Å². The minimum absolute atomic E-state index is 0.0000697. The summed E-state index contributed by atoms with van der Waals surface area (Å²) in [5.74, 6) is 0.750. The van der Waals surface area contributed by atoms with E-state index in [2.05, 4.69) is 4.98 Å². The van der Waals surface area contributed by atoms with Gasteiger partial charge in [0.1, 0.15) is 5.82 Å². The third kappa shape index (κ3) is 3.80. The molecule has 2 aromatic rings. The Morgan fingerprint density at radius 1 is 1.04 bits per heavy atom. The average Bonchev–Trinajstić information content (AvgIpc) is 2.61. The third-order valence-electron chi connectivity index (χ3n) is 4.09. The zero-order valence-corrected chi connectivity index (χ0v) is 13.8. The van der Waals surface area contributed by atoms with Gasteiger partial charge in [0.15, 0.2) is 0 Å². The predicted molar refractivity (Wildman–Crippen MR) is 89.8 cm³/mol. The number of anilines is 2. The fraction of sp³-hybridized carbons (Fsp3) is 0.294. The van der Waals surface area contributed by atoms with E-state index < -0.39 is 11.7 Å². The van der Waals surface area contributed by atoms with Crippen LogP contribution in [0.5, 0.6) is 0 Å². The van der Waals surface area contributed by atoms with Crippen LogP contribution in [0.15, 0.2) is 36.5 Å². The second-order valence-corrected chi connectivity index (χ2v) is 6.09. The predicted octanol–water partition coefficient (Wildman–Crippen LogP) is 3.95. The van der Waals surface area contributed by atoms with E-state index in [4.69, 9.17) is 16.9 Å². The minimum atomic E-state index is -4.50. The van der Waals surface area contributed by atoms with E-state index in [1.807, 2.05) is 4.90 Å². The van der Waals surface area contributed by atoms with Crippen LogP contribution < -0.4 is 9.80 Å². The Balaban J connectivity index is 1.79. The van der Waals surface area contributed by atoms with Crippen LogP contribution in [0.25, 0.3) is 0 Å². The van der Waals surface area contributed by atoms with E-state index in [-0.39, 0.29) is 11.3 Å². The molecule has 0 saturated carbocycles. The van der Waals surface area contributed by atoms with E-state index in [1.165, 1.54) is 12.1 Å². The maximum Gasteiger partial charge on any atom is 0.418 e. The van der Waals surface area contributed by atoms with Gasteiger partial charge < -0.3 is 9.80 Å². The van der Waals surface area contributed by atoms with Crippen molar-refractivity contribution in [2.45, 2.75) is 6.18 Å². The highest BCUT2D eigenvalue weighted by molar-refractivity contribution is 6.30. The number of aromatic nitrogens is 1. The summed E-state index contributed by atoms with van der Waals surface area (Å²) in [5.41, 5.74) is -0.667. The molecule has 0 bridgehead atoms. The molecule has 0 N–H and O–H groups in total. The number of halogens is 4. The molecule has 0 aliphatic carbocycles. The molecule has 0 radical (unpaired) electrons. The number of hydrogen-bond acceptors (Lipinski definition) is 4. The molecule has 1 aliphatic rings. The Hall–Kier alpha value is -2.46. The SMILES string of the molecule is N#Cc1ccc(N2CCN(c3ccc(Cl)cn3)CC2)c(C(F)(F)F)c1. The monoisotopic (exact) mass is 366 g/mol. The summed E-state index contributed by atoms with van der Waals surface area (Å²) >= 11 is 5.82. The zero-order valence-electron chi connectivity index (χ0n) is 13.1. The molecule has 0 atom stereocenters. The van der Waals surface area contributed by atoms with Crippen LogP contribution in [-0.2, 0) is 6.18 Å². The average molecular weight is 367 g/mol. The lowest BCUT2D eigenvalue weighted by atomic mass is 10.1. The first-order valence-electron chi connectivity index (χ1n) is 7.61. The molecular formula is C17H14ClF3N4. The highest BCUT2D eigenvalue weighted by Crippen LogP contribution is 2.37. The smallest absolute Gasteiger partial charge is 0.367 e. The largest absolute Gasteiger partial charge is 0.418 e. The van der Waals surface area contributed by atoms with Crippen molar-refractivity contribution in [1.82, 2.24) is 4.98 Å². The van der Waals surface area contributed by atoms with Crippen LogP contribution in [0.1, 0.15) is 11.1 Å². The normalized spacial score (nSPS) is 15.2. The summed E-state index contributed by atoms with van der Waals surface area (Å²) in [4.78, 5) is 7.93. The second kappa shape index (κ2) is 6.81. The van der Waals surface area contributed by atoms with E-state index >= 15 is 0 Å². The standard InChI is InChI=1S/C17H14ClF3N4/c18-13-2-4-16(23-11-13)25-7-5-24(6-8-25)15-3-1-12(10-22)9-14(15)17(19,20)21/h1-4,9,11H,5-8H2. The number of pyridine rings is 1. The van der Waals surface area contributed by atoms with Gasteiger partial charge in [-0.25, -0.2) is 4.98 Å². The molecule has 1 aromatic carbocycles. The van der Waals surface area contributed by atoms with Gasteiger partial charge in [-0.05, 0) is 30.3 Å². The Kier molecular flexibility index (Phi) is 4.73. The molecule has 0 amide bonds. The fourth-order valence-electron chi connectivity index (χ4n) is 2.84. The van der Waals surface area contributed by atoms with E-state index in [0.717, 1.165) is 11.9 Å². The number of benzene rings is 1. The molecule has 2 heterocycles. The molecule has 3 rings (SSSR count). The van der Waals surface area contributed by atoms with Crippen LogP contribution in [0.2, 0.25) is 5.02 Å². The molecule has 130 valence electrons. The van der Waals surface area contributed by atoms with Gasteiger partial charge in [0, 0.05) is 38.1 Å². The summed E-state index contributed by atoms with van der Waals surface area (Å²) in [6.07, 6.45) is -2.96. The fourth-order valence-corrected chi connectivity index (χ4v) is 2.95. The Morgan fingerprint density at radius 3 is 2.28 bits per heavy atom. The Morgan fingerprint density at radius 2 is 1.72 bits per heavy atom. The minimum Gasteiger partial charge on any atom is -0.367 e. The van der Waals surface area contributed by atoms with Crippen molar-refractivity contribution in [3.05, 3.63) is 52.7 Å². The quantitative estimate of drug-likeness (QED) is 0.807. The molecule has 25 heavy (non-hydrogen) atoms. The van der Waals surface area contributed by atoms with Crippen LogP contribution >= 0.6 is 11.6 Å². The molecule has 1 saturated heterocycles. The summed E-state index contributed by atoms with van der Waals surface area (Å²) in [5, 5.41) is 9.39. The molecule has 8 heteroatoms. The van der Waals surface area contributed by atoms with Crippen LogP contribution in [0, 0.1) is 11.3 Å². The lowest BCUT2D eigenvalue weighted by Crippen LogP contribution is -2.47. The number of alkyl halides is 3. The number of nitriles is 1. The highest BCUT2D eigenvalue weighted by Gasteiger charge is 2.36. The van der Waals surface area contributed by atoms with Crippen molar-refractivity contribution < 1.29 is 13.2 Å². The first kappa shape index (κ1) is 17.4. The zero-order chi connectivity index (χ0) is 18.0. The number of piperazine rings is 1. The van der Waals surface area contributed by atoms with Gasteiger partial charge >= 0.3 is 6.18 Å². The third-order valence-corrected chi connectivity index (χ3v) is 4.31. The molecule has 1 aliphatic heterocycles. The Labute approximate surface area is 148 Å². The van der Waals surface area contributed by atoms with Crippen molar-refractivity contribution in [3.63, 3.8) is 0 Å². The van der Waals surface area contributed by atoms with Crippen LogP contribution in [0.3, 0.4) is 0 Å². The lowest BCUT2D eigenvalue weighted by Gasteiger charge is -2.37. The van der Waals surface area contributed by atoms with Gasteiger partial charge in [0.25, 0.3) is 0 Å².